The number of hydrogen-bond acceptors (Lipinski definition) is 5. The number of rotatable bonds is 5. The first-order chi connectivity index (χ1) is 14.8. The minimum Gasteiger partial charge on any atom is -0.379 e. The standard InChI is InChI=1S/C24H21FN4O2/c1-14(27)23(15(2)30)17-4-6-18(7-5-17)24(31)10-21(29-13-28-12-22(24)29)19-8-3-16(11-26)9-20(19)25/h3-9,12-13,21,23,27,31H,10H2,1-2H3. The quantitative estimate of drug-likeness (QED) is 0.617. The van der Waals surface area contributed by atoms with Gasteiger partial charge in [0.05, 0.1) is 41.8 Å². The third-order valence-electron chi connectivity index (χ3n) is 5.96. The van der Waals surface area contributed by atoms with E-state index in [-0.39, 0.29) is 23.5 Å². The van der Waals surface area contributed by atoms with Crippen LogP contribution in [0.3, 0.4) is 0 Å². The molecule has 4 rings (SSSR count). The molecule has 0 fully saturated rings. The highest BCUT2D eigenvalue weighted by molar-refractivity contribution is 6.06. The van der Waals surface area contributed by atoms with E-state index in [9.17, 15) is 14.3 Å². The van der Waals surface area contributed by atoms with Gasteiger partial charge in [-0.25, -0.2) is 9.37 Å². The van der Waals surface area contributed by atoms with Crippen LogP contribution in [0.15, 0.2) is 55.0 Å². The van der Waals surface area contributed by atoms with E-state index in [2.05, 4.69) is 4.98 Å². The molecule has 1 aromatic heterocycles. The van der Waals surface area contributed by atoms with E-state index in [0.717, 1.165) is 0 Å². The van der Waals surface area contributed by atoms with Crippen LogP contribution in [-0.2, 0) is 10.4 Å². The maximum atomic E-state index is 14.7. The number of fused-ring (bicyclic) bond motifs is 1. The molecular weight excluding hydrogens is 395 g/mol. The SMILES string of the molecule is CC(=N)C(C(C)=O)c1ccc(C2(O)CC(c3ccc(C#N)cc3F)n3cncc32)cc1. The van der Waals surface area contributed by atoms with Crippen molar-refractivity contribution in [2.75, 3.05) is 0 Å². The zero-order chi connectivity index (χ0) is 22.3. The monoisotopic (exact) mass is 416 g/mol. The maximum absolute atomic E-state index is 14.7. The largest absolute Gasteiger partial charge is 0.379 e. The van der Waals surface area contributed by atoms with Crippen molar-refractivity contribution in [2.24, 2.45) is 0 Å². The molecule has 0 saturated heterocycles. The predicted molar refractivity (Wildman–Crippen MR) is 112 cm³/mol. The van der Waals surface area contributed by atoms with Gasteiger partial charge in [0.1, 0.15) is 17.2 Å². The summed E-state index contributed by atoms with van der Waals surface area (Å²) in [7, 11) is 0. The topological polar surface area (TPSA) is 103 Å². The summed E-state index contributed by atoms with van der Waals surface area (Å²) >= 11 is 0. The molecule has 3 atom stereocenters. The van der Waals surface area contributed by atoms with Crippen molar-refractivity contribution >= 4 is 11.5 Å². The van der Waals surface area contributed by atoms with Gasteiger partial charge in [0, 0.05) is 17.7 Å². The number of carbonyl (C=O) groups excluding carboxylic acids is 1. The van der Waals surface area contributed by atoms with E-state index in [1.807, 2.05) is 6.07 Å². The number of benzene rings is 2. The van der Waals surface area contributed by atoms with Crippen LogP contribution >= 0.6 is 0 Å². The van der Waals surface area contributed by atoms with E-state index < -0.39 is 23.4 Å². The molecule has 1 aliphatic heterocycles. The van der Waals surface area contributed by atoms with E-state index in [4.69, 9.17) is 10.7 Å². The zero-order valence-corrected chi connectivity index (χ0v) is 17.1. The van der Waals surface area contributed by atoms with E-state index in [1.165, 1.54) is 13.0 Å². The van der Waals surface area contributed by atoms with Gasteiger partial charge in [-0.2, -0.15) is 5.26 Å². The van der Waals surface area contributed by atoms with E-state index in [0.29, 0.717) is 22.4 Å². The molecule has 2 N–H and O–H groups in total. The van der Waals surface area contributed by atoms with E-state index >= 15 is 0 Å². The van der Waals surface area contributed by atoms with Crippen LogP contribution in [0.4, 0.5) is 4.39 Å². The van der Waals surface area contributed by atoms with Crippen molar-refractivity contribution in [3.8, 4) is 6.07 Å². The zero-order valence-electron chi connectivity index (χ0n) is 17.1. The van der Waals surface area contributed by atoms with Gasteiger partial charge in [-0.1, -0.05) is 30.3 Å². The molecule has 31 heavy (non-hydrogen) atoms. The summed E-state index contributed by atoms with van der Waals surface area (Å²) in [6, 6.07) is 12.7. The Morgan fingerprint density at radius 1 is 1.32 bits per heavy atom. The number of aliphatic hydroxyl groups is 1. The third-order valence-corrected chi connectivity index (χ3v) is 5.96. The van der Waals surface area contributed by atoms with Gasteiger partial charge in [-0.15, -0.1) is 0 Å². The van der Waals surface area contributed by atoms with Crippen molar-refractivity contribution in [2.45, 2.75) is 37.8 Å². The Hall–Kier alpha value is -3.63. The third kappa shape index (κ3) is 3.35. The number of nitrogens with one attached hydrogen (secondary N) is 1. The number of carbonyl (C=O) groups is 1. The molecular formula is C24H21FN4O2. The summed E-state index contributed by atoms with van der Waals surface area (Å²) in [5, 5.41) is 28.5. The molecule has 0 spiro atoms. The van der Waals surface area contributed by atoms with Crippen molar-refractivity contribution in [3.05, 3.63) is 88.8 Å². The van der Waals surface area contributed by atoms with Gasteiger partial charge in [0.15, 0.2) is 0 Å². The highest BCUT2D eigenvalue weighted by atomic mass is 19.1. The highest BCUT2D eigenvalue weighted by Crippen LogP contribution is 2.47. The molecule has 0 saturated carbocycles. The maximum Gasteiger partial charge on any atom is 0.142 e. The van der Waals surface area contributed by atoms with E-state index in [1.54, 1.807) is 60.4 Å². The number of ketones is 1. The molecule has 3 aromatic rings. The van der Waals surface area contributed by atoms with Gasteiger partial charge in [-0.3, -0.25) is 4.79 Å². The molecule has 1 aliphatic rings. The van der Waals surface area contributed by atoms with Crippen LogP contribution in [0.25, 0.3) is 0 Å². The second-order valence-electron chi connectivity index (χ2n) is 7.96. The van der Waals surface area contributed by atoms with Crippen LogP contribution in [0.5, 0.6) is 0 Å². The average molecular weight is 416 g/mol. The molecule has 0 bridgehead atoms. The first-order valence-electron chi connectivity index (χ1n) is 9.86. The molecule has 7 heteroatoms. The van der Waals surface area contributed by atoms with Gasteiger partial charge in [0.2, 0.25) is 0 Å². The second-order valence-corrected chi connectivity index (χ2v) is 7.96. The number of nitriles is 1. The molecule has 2 aromatic carbocycles. The number of imidazole rings is 1. The molecule has 0 aliphatic carbocycles. The summed E-state index contributed by atoms with van der Waals surface area (Å²) < 4.78 is 16.5. The Labute approximate surface area is 179 Å². The first-order valence-corrected chi connectivity index (χ1v) is 9.86. The second kappa shape index (κ2) is 7.56. The Morgan fingerprint density at radius 2 is 2.03 bits per heavy atom. The average Bonchev–Trinajstić information content (AvgIpc) is 3.31. The number of halogens is 1. The van der Waals surface area contributed by atoms with Crippen molar-refractivity contribution in [1.82, 2.24) is 9.55 Å². The molecule has 0 amide bonds. The van der Waals surface area contributed by atoms with Crippen LogP contribution in [-0.4, -0.2) is 26.2 Å². The number of hydrogen-bond donors (Lipinski definition) is 2. The first kappa shape index (κ1) is 20.6. The lowest BCUT2D eigenvalue weighted by atomic mass is 9.84. The fraction of sp³-hybridized carbons (Fsp3) is 0.250. The molecule has 3 unspecified atom stereocenters. The lowest BCUT2D eigenvalue weighted by molar-refractivity contribution is -0.117. The lowest BCUT2D eigenvalue weighted by Gasteiger charge is -2.24. The summed E-state index contributed by atoms with van der Waals surface area (Å²) in [5.41, 5.74) is 1.30. The number of Topliss-reactive ketones (excluding diaryl/α,β-unsaturated/α-hetero) is 1. The van der Waals surface area contributed by atoms with Gasteiger partial charge in [-0.05, 0) is 37.1 Å². The Kier molecular flexibility index (Phi) is 5.03. The van der Waals surface area contributed by atoms with Gasteiger partial charge >= 0.3 is 0 Å². The fourth-order valence-corrected chi connectivity index (χ4v) is 4.49. The molecule has 156 valence electrons. The van der Waals surface area contributed by atoms with Gasteiger partial charge < -0.3 is 15.1 Å². The minimum atomic E-state index is -1.40. The molecule has 2 heterocycles. The summed E-state index contributed by atoms with van der Waals surface area (Å²) in [5.74, 6) is -1.23. The van der Waals surface area contributed by atoms with Crippen LogP contribution in [0.1, 0.15) is 60.2 Å². The van der Waals surface area contributed by atoms with Crippen LogP contribution in [0, 0.1) is 22.6 Å². The van der Waals surface area contributed by atoms with Crippen LogP contribution < -0.4 is 0 Å². The Bertz CT molecular complexity index is 1210. The highest BCUT2D eigenvalue weighted by Gasteiger charge is 2.45. The van der Waals surface area contributed by atoms with Crippen LogP contribution in [0.2, 0.25) is 0 Å². The summed E-state index contributed by atoms with van der Waals surface area (Å²) in [4.78, 5) is 16.1. The normalized spacial score (nSPS) is 20.7. The summed E-state index contributed by atoms with van der Waals surface area (Å²) in [6.07, 6.45) is 3.33. The smallest absolute Gasteiger partial charge is 0.142 e. The van der Waals surface area contributed by atoms with Crippen molar-refractivity contribution in [3.63, 3.8) is 0 Å². The number of aromatic nitrogens is 2. The Morgan fingerprint density at radius 3 is 2.61 bits per heavy atom. The fourth-order valence-electron chi connectivity index (χ4n) is 4.49. The van der Waals surface area contributed by atoms with Crippen molar-refractivity contribution < 1.29 is 14.3 Å². The minimum absolute atomic E-state index is 0.116. The predicted octanol–water partition coefficient (Wildman–Crippen LogP) is 3.84. The molecule has 6 nitrogen and oxygen atoms in total. The number of nitrogens with zero attached hydrogens (tertiary/aromatic N) is 3. The molecule has 0 radical (unpaired) electrons. The van der Waals surface area contributed by atoms with Crippen molar-refractivity contribution in [1.29, 1.82) is 10.7 Å². The Balaban J connectivity index is 1.73. The summed E-state index contributed by atoms with van der Waals surface area (Å²) in [6.45, 7) is 3.05. The van der Waals surface area contributed by atoms with Gasteiger partial charge in [0.25, 0.3) is 0 Å². The lowest BCUT2D eigenvalue weighted by Crippen LogP contribution is -2.25.